The van der Waals surface area contributed by atoms with Gasteiger partial charge in [-0.2, -0.15) is 0 Å². The van der Waals surface area contributed by atoms with Crippen molar-refractivity contribution in [1.29, 1.82) is 0 Å². The molecule has 0 aromatic carbocycles. The third-order valence-electron chi connectivity index (χ3n) is 1.70. The summed E-state index contributed by atoms with van der Waals surface area (Å²) < 4.78 is 0. The Hall–Kier alpha value is -0.0100. The Kier molecular flexibility index (Phi) is 2.55. The zero-order valence-electron chi connectivity index (χ0n) is 5.36. The third-order valence-corrected chi connectivity index (χ3v) is 2.16. The van der Waals surface area contributed by atoms with Gasteiger partial charge in [-0.3, -0.25) is 0 Å². The number of hydrogen-bond acceptors (Lipinski definition) is 1. The van der Waals surface area contributed by atoms with E-state index in [0.717, 1.165) is 23.4 Å². The molecule has 0 heterocycles. The molecule has 0 atom stereocenters. The van der Waals surface area contributed by atoms with Gasteiger partial charge in [-0.25, -0.2) is 0 Å². The molecule has 1 aliphatic rings. The summed E-state index contributed by atoms with van der Waals surface area (Å²) in [6.07, 6.45) is 4.33. The fraction of sp³-hybridized carbons (Fsp3) is 0.714. The standard InChI is InChI=1S/C7H11ClO/c8-7-4-2-1-3-6(7)5-9/h9H,1-5H2. The van der Waals surface area contributed by atoms with Crippen molar-refractivity contribution in [3.63, 3.8) is 0 Å². The van der Waals surface area contributed by atoms with Crippen molar-refractivity contribution in [2.24, 2.45) is 0 Å². The maximum atomic E-state index is 8.72. The van der Waals surface area contributed by atoms with E-state index in [1.165, 1.54) is 12.8 Å². The van der Waals surface area contributed by atoms with Crippen LogP contribution in [0.2, 0.25) is 0 Å². The van der Waals surface area contributed by atoms with E-state index in [1.54, 1.807) is 0 Å². The quantitative estimate of drug-likeness (QED) is 0.601. The summed E-state index contributed by atoms with van der Waals surface area (Å²) in [7, 11) is 0. The Morgan fingerprint density at radius 2 is 2.00 bits per heavy atom. The topological polar surface area (TPSA) is 20.2 Å². The van der Waals surface area contributed by atoms with Crippen LogP contribution in [0.15, 0.2) is 10.6 Å². The summed E-state index contributed by atoms with van der Waals surface area (Å²) in [5.74, 6) is 0. The highest BCUT2D eigenvalue weighted by Gasteiger charge is 2.08. The molecule has 0 aliphatic heterocycles. The Bertz CT molecular complexity index is 129. The summed E-state index contributed by atoms with van der Waals surface area (Å²) in [6.45, 7) is 0.152. The summed E-state index contributed by atoms with van der Waals surface area (Å²) in [5.41, 5.74) is 1.04. The fourth-order valence-electron chi connectivity index (χ4n) is 1.10. The van der Waals surface area contributed by atoms with Crippen molar-refractivity contribution < 1.29 is 5.11 Å². The van der Waals surface area contributed by atoms with E-state index in [4.69, 9.17) is 16.7 Å². The summed E-state index contributed by atoms with van der Waals surface area (Å²) >= 11 is 5.80. The Balaban J connectivity index is 2.59. The zero-order valence-corrected chi connectivity index (χ0v) is 6.12. The average molecular weight is 147 g/mol. The Morgan fingerprint density at radius 1 is 1.33 bits per heavy atom. The molecule has 1 aliphatic carbocycles. The van der Waals surface area contributed by atoms with Crippen LogP contribution >= 0.6 is 11.6 Å². The number of allylic oxidation sites excluding steroid dienone is 1. The molecule has 0 radical (unpaired) electrons. The van der Waals surface area contributed by atoms with E-state index in [9.17, 15) is 0 Å². The molecule has 1 nitrogen and oxygen atoms in total. The lowest BCUT2D eigenvalue weighted by Gasteiger charge is -2.12. The molecule has 0 fully saturated rings. The first kappa shape index (κ1) is 7.10. The van der Waals surface area contributed by atoms with Gasteiger partial charge in [0.25, 0.3) is 0 Å². The first-order chi connectivity index (χ1) is 4.34. The molecule has 0 saturated carbocycles. The van der Waals surface area contributed by atoms with Crippen LogP contribution in [-0.2, 0) is 0 Å². The molecule has 0 spiro atoms. The summed E-state index contributed by atoms with van der Waals surface area (Å²) in [5, 5.41) is 9.61. The van der Waals surface area contributed by atoms with E-state index < -0.39 is 0 Å². The van der Waals surface area contributed by atoms with Crippen molar-refractivity contribution >= 4 is 11.6 Å². The molecule has 0 aromatic rings. The lowest BCUT2D eigenvalue weighted by atomic mass is 10.0. The van der Waals surface area contributed by atoms with Gasteiger partial charge in [0.15, 0.2) is 0 Å². The van der Waals surface area contributed by atoms with Crippen LogP contribution in [0.3, 0.4) is 0 Å². The number of hydrogen-bond donors (Lipinski definition) is 1. The first-order valence-corrected chi connectivity index (χ1v) is 3.69. The lowest BCUT2D eigenvalue weighted by Crippen LogP contribution is -1.99. The zero-order chi connectivity index (χ0) is 6.69. The maximum Gasteiger partial charge on any atom is 0.0655 e. The van der Waals surface area contributed by atoms with Gasteiger partial charge in [-0.05, 0) is 31.3 Å². The monoisotopic (exact) mass is 146 g/mol. The second kappa shape index (κ2) is 3.23. The predicted octanol–water partition coefficient (Wildman–Crippen LogP) is 2.05. The molecular formula is C7H11ClO. The van der Waals surface area contributed by atoms with E-state index in [0.29, 0.717) is 0 Å². The van der Waals surface area contributed by atoms with Crippen molar-refractivity contribution in [2.75, 3.05) is 6.61 Å². The second-order valence-corrected chi connectivity index (χ2v) is 2.83. The molecule has 1 rings (SSSR count). The predicted molar refractivity (Wildman–Crippen MR) is 38.4 cm³/mol. The van der Waals surface area contributed by atoms with Gasteiger partial charge < -0.3 is 5.11 Å². The first-order valence-electron chi connectivity index (χ1n) is 3.32. The molecular weight excluding hydrogens is 136 g/mol. The highest BCUT2D eigenvalue weighted by molar-refractivity contribution is 6.30. The van der Waals surface area contributed by atoms with Crippen molar-refractivity contribution in [2.45, 2.75) is 25.7 Å². The van der Waals surface area contributed by atoms with Crippen LogP contribution in [0.1, 0.15) is 25.7 Å². The van der Waals surface area contributed by atoms with Crippen LogP contribution in [-0.4, -0.2) is 11.7 Å². The van der Waals surface area contributed by atoms with E-state index in [1.807, 2.05) is 0 Å². The average Bonchev–Trinajstić information content (AvgIpc) is 1.89. The molecule has 0 unspecified atom stereocenters. The van der Waals surface area contributed by atoms with Gasteiger partial charge in [0.2, 0.25) is 0 Å². The van der Waals surface area contributed by atoms with Gasteiger partial charge in [-0.1, -0.05) is 11.6 Å². The highest BCUT2D eigenvalue weighted by Crippen LogP contribution is 2.26. The van der Waals surface area contributed by atoms with Crippen LogP contribution in [0.25, 0.3) is 0 Å². The Labute approximate surface area is 60.3 Å². The number of halogens is 1. The van der Waals surface area contributed by atoms with Crippen LogP contribution in [0, 0.1) is 0 Å². The molecule has 0 bridgehead atoms. The smallest absolute Gasteiger partial charge is 0.0655 e. The minimum Gasteiger partial charge on any atom is -0.392 e. The van der Waals surface area contributed by atoms with Crippen molar-refractivity contribution in [3.8, 4) is 0 Å². The third kappa shape index (κ3) is 1.70. The second-order valence-electron chi connectivity index (χ2n) is 2.37. The Morgan fingerprint density at radius 3 is 2.44 bits per heavy atom. The maximum absolute atomic E-state index is 8.72. The van der Waals surface area contributed by atoms with E-state index in [-0.39, 0.29) is 6.61 Å². The van der Waals surface area contributed by atoms with Crippen molar-refractivity contribution in [3.05, 3.63) is 10.6 Å². The van der Waals surface area contributed by atoms with Gasteiger partial charge in [0.05, 0.1) is 6.61 Å². The molecule has 9 heavy (non-hydrogen) atoms. The van der Waals surface area contributed by atoms with Gasteiger partial charge in [0, 0.05) is 5.03 Å². The lowest BCUT2D eigenvalue weighted by molar-refractivity contribution is 0.322. The van der Waals surface area contributed by atoms with Gasteiger partial charge >= 0.3 is 0 Å². The molecule has 0 amide bonds. The normalized spacial score (nSPS) is 20.7. The number of aliphatic hydroxyl groups is 1. The van der Waals surface area contributed by atoms with Crippen molar-refractivity contribution in [1.82, 2.24) is 0 Å². The highest BCUT2D eigenvalue weighted by atomic mass is 35.5. The number of aliphatic hydroxyl groups excluding tert-OH is 1. The van der Waals surface area contributed by atoms with E-state index in [2.05, 4.69) is 0 Å². The van der Waals surface area contributed by atoms with Gasteiger partial charge in [0.1, 0.15) is 0 Å². The fourth-order valence-corrected chi connectivity index (χ4v) is 1.38. The summed E-state index contributed by atoms with van der Waals surface area (Å²) in [6, 6.07) is 0. The largest absolute Gasteiger partial charge is 0.392 e. The molecule has 0 saturated heterocycles. The van der Waals surface area contributed by atoms with Gasteiger partial charge in [-0.15, -0.1) is 0 Å². The van der Waals surface area contributed by atoms with E-state index >= 15 is 0 Å². The number of rotatable bonds is 1. The minimum atomic E-state index is 0.152. The summed E-state index contributed by atoms with van der Waals surface area (Å²) in [4.78, 5) is 0. The molecule has 0 aromatic heterocycles. The van der Waals surface area contributed by atoms with Crippen LogP contribution < -0.4 is 0 Å². The minimum absolute atomic E-state index is 0.152. The molecule has 2 heteroatoms. The van der Waals surface area contributed by atoms with Crippen LogP contribution in [0.5, 0.6) is 0 Å². The molecule has 1 N–H and O–H groups in total. The SMILES string of the molecule is OCC1=C(Cl)CCCC1. The molecule has 52 valence electrons. The van der Waals surface area contributed by atoms with Crippen LogP contribution in [0.4, 0.5) is 0 Å².